The van der Waals surface area contributed by atoms with E-state index in [2.05, 4.69) is 19.2 Å². The van der Waals surface area contributed by atoms with Crippen LogP contribution in [0.15, 0.2) is 23.0 Å². The number of nitrogens with zero attached hydrogens (tertiary/aromatic N) is 1. The van der Waals surface area contributed by atoms with Gasteiger partial charge in [0.25, 0.3) is 5.91 Å². The van der Waals surface area contributed by atoms with Crippen LogP contribution in [0.1, 0.15) is 44.0 Å². The summed E-state index contributed by atoms with van der Waals surface area (Å²) in [5.74, 6) is 0.463. The molecule has 0 spiro atoms. The standard InChI is InChI=1S/C15H24N2O3/c1-4-17(15(19)13-7-10-20-11-13)9-6-14(18)16-8-5-12(2)3/h7,10-12H,4-6,8-9H2,1-3H3,(H,16,18). The Hall–Kier alpha value is -1.78. The maximum atomic E-state index is 12.1. The molecule has 1 aromatic rings. The van der Waals surface area contributed by atoms with Gasteiger partial charge >= 0.3 is 0 Å². The first kappa shape index (κ1) is 16.3. The van der Waals surface area contributed by atoms with Crippen LogP contribution in [0.5, 0.6) is 0 Å². The molecule has 2 amide bonds. The number of hydrogen-bond acceptors (Lipinski definition) is 3. The molecule has 0 unspecified atom stereocenters. The van der Waals surface area contributed by atoms with Crippen molar-refractivity contribution in [2.45, 2.75) is 33.6 Å². The molecule has 1 rings (SSSR count). The lowest BCUT2D eigenvalue weighted by Gasteiger charge is -2.19. The molecule has 0 saturated carbocycles. The molecule has 0 aliphatic heterocycles. The Kier molecular flexibility index (Phi) is 6.84. The van der Waals surface area contributed by atoms with Gasteiger partial charge in [0, 0.05) is 26.1 Å². The minimum absolute atomic E-state index is 0.0101. The number of hydrogen-bond donors (Lipinski definition) is 1. The Morgan fingerprint density at radius 2 is 2.15 bits per heavy atom. The fraction of sp³-hybridized carbons (Fsp3) is 0.600. The summed E-state index contributed by atoms with van der Waals surface area (Å²) in [5, 5.41) is 2.87. The third kappa shape index (κ3) is 5.47. The third-order valence-corrected chi connectivity index (χ3v) is 3.09. The van der Waals surface area contributed by atoms with Gasteiger partial charge in [-0.15, -0.1) is 0 Å². The maximum Gasteiger partial charge on any atom is 0.257 e. The van der Waals surface area contributed by atoms with Crippen LogP contribution in [0.4, 0.5) is 0 Å². The van der Waals surface area contributed by atoms with E-state index in [1.807, 2.05) is 6.92 Å². The van der Waals surface area contributed by atoms with Crippen LogP contribution >= 0.6 is 0 Å². The highest BCUT2D eigenvalue weighted by atomic mass is 16.3. The number of furan rings is 1. The Labute approximate surface area is 120 Å². The molecular weight excluding hydrogens is 256 g/mol. The highest BCUT2D eigenvalue weighted by Gasteiger charge is 2.16. The fourth-order valence-electron chi connectivity index (χ4n) is 1.80. The second-order valence-electron chi connectivity index (χ2n) is 5.18. The summed E-state index contributed by atoms with van der Waals surface area (Å²) in [4.78, 5) is 25.4. The summed E-state index contributed by atoms with van der Waals surface area (Å²) in [5.41, 5.74) is 0.520. The van der Waals surface area contributed by atoms with E-state index in [0.29, 0.717) is 37.5 Å². The summed E-state index contributed by atoms with van der Waals surface area (Å²) in [6, 6.07) is 1.63. The summed E-state index contributed by atoms with van der Waals surface area (Å²) >= 11 is 0. The van der Waals surface area contributed by atoms with Gasteiger partial charge in [-0.25, -0.2) is 0 Å². The molecule has 0 aliphatic carbocycles. The minimum atomic E-state index is -0.101. The first-order valence-electron chi connectivity index (χ1n) is 7.12. The van der Waals surface area contributed by atoms with Crippen molar-refractivity contribution in [2.24, 2.45) is 5.92 Å². The van der Waals surface area contributed by atoms with E-state index in [-0.39, 0.29) is 11.8 Å². The maximum absolute atomic E-state index is 12.1. The van der Waals surface area contributed by atoms with Gasteiger partial charge in [-0.3, -0.25) is 9.59 Å². The molecule has 5 nitrogen and oxygen atoms in total. The number of rotatable bonds is 8. The first-order chi connectivity index (χ1) is 9.54. The van der Waals surface area contributed by atoms with Crippen molar-refractivity contribution >= 4 is 11.8 Å². The Morgan fingerprint density at radius 1 is 1.40 bits per heavy atom. The first-order valence-corrected chi connectivity index (χ1v) is 7.12. The van der Waals surface area contributed by atoms with Crippen LogP contribution < -0.4 is 5.32 Å². The van der Waals surface area contributed by atoms with E-state index in [1.54, 1.807) is 11.0 Å². The quantitative estimate of drug-likeness (QED) is 0.794. The van der Waals surface area contributed by atoms with Crippen molar-refractivity contribution in [3.63, 3.8) is 0 Å². The fourth-order valence-corrected chi connectivity index (χ4v) is 1.80. The van der Waals surface area contributed by atoms with Gasteiger partial charge < -0.3 is 14.6 Å². The van der Waals surface area contributed by atoms with Gasteiger partial charge in [-0.05, 0) is 25.3 Å². The predicted octanol–water partition coefficient (Wildman–Crippen LogP) is 2.29. The number of carbonyl (C=O) groups is 2. The molecule has 112 valence electrons. The molecule has 1 heterocycles. The monoisotopic (exact) mass is 280 g/mol. The Morgan fingerprint density at radius 3 is 2.70 bits per heavy atom. The van der Waals surface area contributed by atoms with E-state index in [1.165, 1.54) is 12.5 Å². The lowest BCUT2D eigenvalue weighted by Crippen LogP contribution is -2.35. The van der Waals surface area contributed by atoms with Gasteiger partial charge in [0.2, 0.25) is 5.91 Å². The molecule has 0 saturated heterocycles. The van der Waals surface area contributed by atoms with Crippen LogP contribution in [0.3, 0.4) is 0 Å². The lowest BCUT2D eigenvalue weighted by molar-refractivity contribution is -0.121. The van der Waals surface area contributed by atoms with Crippen LogP contribution in [0.2, 0.25) is 0 Å². The molecular formula is C15H24N2O3. The summed E-state index contributed by atoms with van der Waals surface area (Å²) in [6.07, 6.45) is 4.19. The van der Waals surface area contributed by atoms with Crippen molar-refractivity contribution in [3.8, 4) is 0 Å². The summed E-state index contributed by atoms with van der Waals surface area (Å²) in [7, 11) is 0. The highest BCUT2D eigenvalue weighted by Crippen LogP contribution is 2.06. The molecule has 0 atom stereocenters. The zero-order valence-corrected chi connectivity index (χ0v) is 12.5. The molecule has 0 bridgehead atoms. The molecule has 1 N–H and O–H groups in total. The largest absolute Gasteiger partial charge is 0.472 e. The van der Waals surface area contributed by atoms with Crippen LogP contribution in [0.25, 0.3) is 0 Å². The average molecular weight is 280 g/mol. The van der Waals surface area contributed by atoms with Gasteiger partial charge in [-0.2, -0.15) is 0 Å². The van der Waals surface area contributed by atoms with Gasteiger partial charge in [0.05, 0.1) is 11.8 Å². The highest BCUT2D eigenvalue weighted by molar-refractivity contribution is 5.94. The van der Waals surface area contributed by atoms with Gasteiger partial charge in [-0.1, -0.05) is 13.8 Å². The van der Waals surface area contributed by atoms with Crippen LogP contribution in [-0.4, -0.2) is 36.3 Å². The molecule has 0 aliphatic rings. The Balaban J connectivity index is 2.34. The molecule has 20 heavy (non-hydrogen) atoms. The topological polar surface area (TPSA) is 62.6 Å². The molecule has 1 aromatic heterocycles. The van der Waals surface area contributed by atoms with E-state index in [4.69, 9.17) is 4.42 Å². The van der Waals surface area contributed by atoms with Crippen LogP contribution in [0, 0.1) is 5.92 Å². The number of nitrogens with one attached hydrogen (secondary N) is 1. The molecule has 0 radical (unpaired) electrons. The summed E-state index contributed by atoms with van der Waals surface area (Å²) < 4.78 is 4.90. The second kappa shape index (κ2) is 8.40. The summed E-state index contributed by atoms with van der Waals surface area (Å²) in [6.45, 7) is 7.83. The average Bonchev–Trinajstić information content (AvgIpc) is 2.92. The SMILES string of the molecule is CCN(CCC(=O)NCCC(C)C)C(=O)c1ccoc1. The number of carbonyl (C=O) groups excluding carboxylic acids is 2. The zero-order valence-electron chi connectivity index (χ0n) is 12.5. The van der Waals surface area contributed by atoms with Crippen molar-refractivity contribution in [1.29, 1.82) is 0 Å². The van der Waals surface area contributed by atoms with Gasteiger partial charge in [0.1, 0.15) is 6.26 Å². The minimum Gasteiger partial charge on any atom is -0.472 e. The van der Waals surface area contributed by atoms with E-state index in [0.717, 1.165) is 6.42 Å². The molecule has 0 aromatic carbocycles. The van der Waals surface area contributed by atoms with Gasteiger partial charge in [0.15, 0.2) is 0 Å². The zero-order chi connectivity index (χ0) is 15.0. The van der Waals surface area contributed by atoms with Crippen molar-refractivity contribution < 1.29 is 14.0 Å². The van der Waals surface area contributed by atoms with Crippen molar-refractivity contribution in [1.82, 2.24) is 10.2 Å². The van der Waals surface area contributed by atoms with Crippen molar-refractivity contribution in [3.05, 3.63) is 24.2 Å². The number of amides is 2. The van der Waals surface area contributed by atoms with E-state index >= 15 is 0 Å². The van der Waals surface area contributed by atoms with E-state index in [9.17, 15) is 9.59 Å². The second-order valence-corrected chi connectivity index (χ2v) is 5.18. The van der Waals surface area contributed by atoms with E-state index < -0.39 is 0 Å². The smallest absolute Gasteiger partial charge is 0.257 e. The van der Waals surface area contributed by atoms with Crippen molar-refractivity contribution in [2.75, 3.05) is 19.6 Å². The Bertz CT molecular complexity index is 413. The molecule has 0 fully saturated rings. The third-order valence-electron chi connectivity index (χ3n) is 3.09. The lowest BCUT2D eigenvalue weighted by atomic mass is 10.1. The normalized spacial score (nSPS) is 10.6. The molecule has 5 heteroatoms. The van der Waals surface area contributed by atoms with Crippen LogP contribution in [-0.2, 0) is 4.79 Å². The predicted molar refractivity (Wildman–Crippen MR) is 77.4 cm³/mol.